The van der Waals surface area contributed by atoms with E-state index in [2.05, 4.69) is 21.2 Å². The Morgan fingerprint density at radius 2 is 1.64 bits per heavy atom. The summed E-state index contributed by atoms with van der Waals surface area (Å²) >= 11 is 19.0. The fraction of sp³-hybridized carbons (Fsp3) is 0.179. The highest BCUT2D eigenvalue weighted by molar-refractivity contribution is 6.33. The molecule has 1 N–H and O–H groups in total. The molecule has 0 radical (unpaired) electrons. The number of nitrogens with one attached hydrogen (secondary N) is 1. The molecule has 4 aromatic rings. The fourth-order valence-corrected chi connectivity index (χ4v) is 4.99. The molecule has 2 heterocycles. The second-order valence-corrected chi connectivity index (χ2v) is 9.90. The van der Waals surface area contributed by atoms with Gasteiger partial charge >= 0.3 is 0 Å². The Bertz CT molecular complexity index is 1380. The molecule has 0 bridgehead atoms. The molecule has 0 aliphatic carbocycles. The molecule has 1 aromatic heterocycles. The van der Waals surface area contributed by atoms with Crippen LogP contribution in [0.3, 0.4) is 0 Å². The largest absolute Gasteiger partial charge is 0.451 e. The Hall–Kier alpha value is -2.96. The maximum absolute atomic E-state index is 12.7. The van der Waals surface area contributed by atoms with Crippen molar-refractivity contribution in [1.82, 2.24) is 4.90 Å². The van der Waals surface area contributed by atoms with Crippen LogP contribution in [0.5, 0.6) is 0 Å². The molecule has 1 aliphatic heterocycles. The Morgan fingerprint density at radius 1 is 0.833 bits per heavy atom. The van der Waals surface area contributed by atoms with Gasteiger partial charge in [0.1, 0.15) is 5.76 Å². The number of anilines is 2. The van der Waals surface area contributed by atoms with Gasteiger partial charge in [-0.2, -0.15) is 0 Å². The molecule has 1 amide bonds. The third kappa shape index (κ3) is 5.71. The molecular weight excluding hydrogens is 517 g/mol. The smallest absolute Gasteiger partial charge is 0.291 e. The van der Waals surface area contributed by atoms with Gasteiger partial charge < -0.3 is 14.6 Å². The van der Waals surface area contributed by atoms with E-state index in [-0.39, 0.29) is 11.7 Å². The number of nitrogens with zero attached hydrogens (tertiary/aromatic N) is 2. The van der Waals surface area contributed by atoms with E-state index in [1.165, 1.54) is 0 Å². The number of rotatable bonds is 6. The number of benzene rings is 3. The number of piperazine rings is 1. The van der Waals surface area contributed by atoms with Crippen LogP contribution < -0.4 is 10.2 Å². The Kier molecular flexibility index (Phi) is 7.54. The van der Waals surface area contributed by atoms with Crippen LogP contribution in [-0.2, 0) is 6.54 Å². The normalized spacial score (nSPS) is 14.1. The van der Waals surface area contributed by atoms with E-state index in [0.29, 0.717) is 21.5 Å². The molecule has 184 valence electrons. The molecule has 1 saturated heterocycles. The van der Waals surface area contributed by atoms with Gasteiger partial charge in [-0.15, -0.1) is 0 Å². The van der Waals surface area contributed by atoms with Crippen molar-refractivity contribution in [3.63, 3.8) is 0 Å². The van der Waals surface area contributed by atoms with Crippen LogP contribution in [-0.4, -0.2) is 37.0 Å². The number of hydrogen-bond acceptors (Lipinski definition) is 4. The van der Waals surface area contributed by atoms with Crippen molar-refractivity contribution >= 4 is 52.1 Å². The van der Waals surface area contributed by atoms with E-state index in [9.17, 15) is 4.79 Å². The van der Waals surface area contributed by atoms with Crippen LogP contribution in [0, 0.1) is 0 Å². The van der Waals surface area contributed by atoms with E-state index >= 15 is 0 Å². The predicted molar refractivity (Wildman–Crippen MR) is 148 cm³/mol. The van der Waals surface area contributed by atoms with Crippen molar-refractivity contribution < 1.29 is 9.21 Å². The van der Waals surface area contributed by atoms with Crippen LogP contribution in [0.1, 0.15) is 16.1 Å². The van der Waals surface area contributed by atoms with Crippen molar-refractivity contribution in [2.24, 2.45) is 0 Å². The van der Waals surface area contributed by atoms with E-state index < -0.39 is 0 Å². The average molecular weight is 541 g/mol. The first kappa shape index (κ1) is 24.7. The number of furan rings is 1. The number of amides is 1. The lowest BCUT2D eigenvalue weighted by molar-refractivity contribution is 0.0997. The molecule has 1 aliphatic rings. The van der Waals surface area contributed by atoms with Gasteiger partial charge in [0.25, 0.3) is 5.91 Å². The lowest BCUT2D eigenvalue weighted by Crippen LogP contribution is -2.46. The summed E-state index contributed by atoms with van der Waals surface area (Å²) in [4.78, 5) is 17.4. The molecule has 0 spiro atoms. The maximum Gasteiger partial charge on any atom is 0.291 e. The van der Waals surface area contributed by atoms with Crippen molar-refractivity contribution in [2.75, 3.05) is 36.4 Å². The maximum atomic E-state index is 12.7. The fourth-order valence-electron chi connectivity index (χ4n) is 4.31. The number of carbonyl (C=O) groups excluding carboxylic acids is 1. The molecule has 5 nitrogen and oxygen atoms in total. The molecule has 36 heavy (non-hydrogen) atoms. The minimum Gasteiger partial charge on any atom is -0.451 e. The van der Waals surface area contributed by atoms with Crippen LogP contribution >= 0.6 is 34.8 Å². The Labute approximate surface area is 225 Å². The highest BCUT2D eigenvalue weighted by atomic mass is 35.5. The second kappa shape index (κ2) is 11.0. The second-order valence-electron chi connectivity index (χ2n) is 8.65. The van der Waals surface area contributed by atoms with E-state index in [1.54, 1.807) is 30.3 Å². The summed E-state index contributed by atoms with van der Waals surface area (Å²) in [6.45, 7) is 4.36. The lowest BCUT2D eigenvalue weighted by atomic mass is 10.2. The van der Waals surface area contributed by atoms with Crippen molar-refractivity contribution in [3.8, 4) is 11.3 Å². The van der Waals surface area contributed by atoms with Crippen LogP contribution in [0.4, 0.5) is 11.4 Å². The van der Waals surface area contributed by atoms with Gasteiger partial charge in [0.2, 0.25) is 0 Å². The first-order valence-electron chi connectivity index (χ1n) is 11.6. The molecule has 5 rings (SSSR count). The Morgan fingerprint density at radius 3 is 2.39 bits per heavy atom. The van der Waals surface area contributed by atoms with Crippen molar-refractivity contribution in [1.29, 1.82) is 0 Å². The van der Waals surface area contributed by atoms with E-state index in [1.807, 2.05) is 42.5 Å². The van der Waals surface area contributed by atoms with Gasteiger partial charge in [-0.1, -0.05) is 65.1 Å². The zero-order valence-electron chi connectivity index (χ0n) is 19.4. The molecule has 8 heteroatoms. The average Bonchev–Trinajstić information content (AvgIpc) is 3.37. The summed E-state index contributed by atoms with van der Waals surface area (Å²) in [7, 11) is 0. The monoisotopic (exact) mass is 539 g/mol. The van der Waals surface area contributed by atoms with Crippen molar-refractivity contribution in [3.05, 3.63) is 105 Å². The first-order valence-corrected chi connectivity index (χ1v) is 12.8. The molecular formula is C28H24Cl3N3O2. The van der Waals surface area contributed by atoms with Gasteiger partial charge in [0.15, 0.2) is 5.76 Å². The summed E-state index contributed by atoms with van der Waals surface area (Å²) in [6, 6.07) is 24.2. The van der Waals surface area contributed by atoms with Crippen LogP contribution in [0.25, 0.3) is 11.3 Å². The number of halogens is 3. The van der Waals surface area contributed by atoms with Crippen LogP contribution in [0.15, 0.2) is 83.3 Å². The third-order valence-electron chi connectivity index (χ3n) is 6.21. The molecule has 0 unspecified atom stereocenters. The predicted octanol–water partition coefficient (Wildman–Crippen LogP) is 7.48. The minimum atomic E-state index is -0.347. The van der Waals surface area contributed by atoms with Gasteiger partial charge in [-0.05, 0) is 54.1 Å². The van der Waals surface area contributed by atoms with Gasteiger partial charge in [0.05, 0.1) is 10.7 Å². The zero-order valence-corrected chi connectivity index (χ0v) is 21.7. The number of carbonyl (C=O) groups is 1. The summed E-state index contributed by atoms with van der Waals surface area (Å²) in [5.74, 6) is 0.435. The molecule has 0 saturated carbocycles. The van der Waals surface area contributed by atoms with E-state index in [0.717, 1.165) is 54.6 Å². The SMILES string of the molecule is O=C(Nc1ccc(N2CCN(Cc3ccccc3Cl)CC2)c(Cl)c1)c1ccc(-c2cccc(Cl)c2)o1. The van der Waals surface area contributed by atoms with Crippen LogP contribution in [0.2, 0.25) is 15.1 Å². The number of hydrogen-bond donors (Lipinski definition) is 1. The third-order valence-corrected chi connectivity index (χ3v) is 7.12. The standard InChI is InChI=1S/C28H24Cl3N3O2/c29-21-6-3-5-19(16-21)26-10-11-27(36-26)28(35)32-22-8-9-25(24(31)17-22)34-14-12-33(13-15-34)18-20-4-1-2-7-23(20)30/h1-11,16-17H,12-15,18H2,(H,32,35). The summed E-state index contributed by atoms with van der Waals surface area (Å²) < 4.78 is 5.74. The topological polar surface area (TPSA) is 48.7 Å². The molecule has 0 atom stereocenters. The summed E-state index contributed by atoms with van der Waals surface area (Å²) in [5.41, 5.74) is 3.50. The minimum absolute atomic E-state index is 0.208. The van der Waals surface area contributed by atoms with Gasteiger partial charge in [-0.3, -0.25) is 9.69 Å². The van der Waals surface area contributed by atoms with Gasteiger partial charge in [0, 0.05) is 54.0 Å². The zero-order chi connectivity index (χ0) is 25.1. The highest BCUT2D eigenvalue weighted by Crippen LogP contribution is 2.31. The summed E-state index contributed by atoms with van der Waals surface area (Å²) in [6.07, 6.45) is 0. The van der Waals surface area contributed by atoms with Crippen molar-refractivity contribution in [2.45, 2.75) is 6.54 Å². The Balaban J connectivity index is 1.19. The lowest BCUT2D eigenvalue weighted by Gasteiger charge is -2.36. The van der Waals surface area contributed by atoms with E-state index in [4.69, 9.17) is 39.2 Å². The molecule has 3 aromatic carbocycles. The van der Waals surface area contributed by atoms with Gasteiger partial charge in [-0.25, -0.2) is 0 Å². The summed E-state index contributed by atoms with van der Waals surface area (Å²) in [5, 5.41) is 4.86. The quantitative estimate of drug-likeness (QED) is 0.275. The molecule has 1 fully saturated rings. The highest BCUT2D eigenvalue weighted by Gasteiger charge is 2.20. The first-order chi connectivity index (χ1) is 17.5.